The van der Waals surface area contributed by atoms with Crippen LogP contribution in [0.3, 0.4) is 0 Å². The summed E-state index contributed by atoms with van der Waals surface area (Å²) < 4.78 is 18.0. The zero-order valence-electron chi connectivity index (χ0n) is 13.6. The molecular weight excluding hydrogens is 317 g/mol. The molecule has 2 rings (SSSR count). The lowest BCUT2D eigenvalue weighted by Crippen LogP contribution is -2.41. The first-order valence-electron chi connectivity index (χ1n) is 7.65. The third kappa shape index (κ3) is 3.70. The number of nitrogens with one attached hydrogen (secondary N) is 1. The number of ether oxygens (including phenoxy) is 1. The van der Waals surface area contributed by atoms with Crippen molar-refractivity contribution >= 4 is 23.5 Å². The van der Waals surface area contributed by atoms with Crippen molar-refractivity contribution in [2.24, 2.45) is 0 Å². The van der Waals surface area contributed by atoms with Gasteiger partial charge < -0.3 is 15.0 Å². The number of rotatable bonds is 7. The predicted molar refractivity (Wildman–Crippen MR) is 85.0 cm³/mol. The van der Waals surface area contributed by atoms with Gasteiger partial charge in [-0.1, -0.05) is 0 Å². The molecular formula is C16H20FN3O4. The van der Waals surface area contributed by atoms with E-state index in [1.54, 1.807) is 6.92 Å². The first-order valence-corrected chi connectivity index (χ1v) is 7.65. The molecule has 0 saturated carbocycles. The van der Waals surface area contributed by atoms with Gasteiger partial charge in [0.05, 0.1) is 18.7 Å². The van der Waals surface area contributed by atoms with E-state index in [1.165, 1.54) is 36.3 Å². The minimum Gasteiger partial charge on any atom is -0.383 e. The molecule has 8 heteroatoms. The van der Waals surface area contributed by atoms with Gasteiger partial charge in [0.1, 0.15) is 11.9 Å². The van der Waals surface area contributed by atoms with Crippen LogP contribution in [0.5, 0.6) is 0 Å². The Balaban J connectivity index is 2.27. The van der Waals surface area contributed by atoms with Crippen LogP contribution in [0.1, 0.15) is 13.3 Å². The number of carbonyl (C=O) groups is 3. The third-order valence-electron chi connectivity index (χ3n) is 3.69. The highest BCUT2D eigenvalue weighted by Crippen LogP contribution is 2.26. The van der Waals surface area contributed by atoms with Crippen LogP contribution in [0.25, 0.3) is 0 Å². The van der Waals surface area contributed by atoms with Crippen LogP contribution in [-0.4, -0.2) is 55.6 Å². The second-order valence-corrected chi connectivity index (χ2v) is 5.29. The fourth-order valence-corrected chi connectivity index (χ4v) is 2.55. The van der Waals surface area contributed by atoms with Crippen molar-refractivity contribution in [3.63, 3.8) is 0 Å². The molecule has 1 N–H and O–H groups in total. The molecule has 0 spiro atoms. The number of urea groups is 1. The molecule has 0 bridgehead atoms. The number of hydrogen-bond acceptors (Lipinski definition) is 4. The maximum absolute atomic E-state index is 13.1. The van der Waals surface area contributed by atoms with Crippen LogP contribution in [0.2, 0.25) is 0 Å². The number of hydrogen-bond donors (Lipinski definition) is 1. The monoisotopic (exact) mass is 337 g/mol. The summed E-state index contributed by atoms with van der Waals surface area (Å²) in [7, 11) is 1.49. The van der Waals surface area contributed by atoms with Gasteiger partial charge in [-0.3, -0.25) is 9.59 Å². The Labute approximate surface area is 139 Å². The summed E-state index contributed by atoms with van der Waals surface area (Å²) in [6, 6.07) is 3.61. The van der Waals surface area contributed by atoms with Crippen molar-refractivity contribution in [3.8, 4) is 0 Å². The summed E-state index contributed by atoms with van der Waals surface area (Å²) in [6.45, 7) is 2.63. The molecule has 7 nitrogen and oxygen atoms in total. The average molecular weight is 337 g/mol. The largest absolute Gasteiger partial charge is 0.383 e. The maximum Gasteiger partial charge on any atom is 0.332 e. The van der Waals surface area contributed by atoms with E-state index < -0.39 is 23.8 Å². The number of anilines is 1. The predicted octanol–water partition coefficient (Wildman–Crippen LogP) is 1.14. The van der Waals surface area contributed by atoms with Crippen LogP contribution < -0.4 is 10.2 Å². The van der Waals surface area contributed by atoms with Crippen LogP contribution in [0, 0.1) is 5.82 Å². The van der Waals surface area contributed by atoms with Crippen molar-refractivity contribution in [1.29, 1.82) is 0 Å². The Hall–Kier alpha value is -2.48. The molecule has 0 aliphatic carbocycles. The van der Waals surface area contributed by atoms with E-state index in [0.717, 1.165) is 4.90 Å². The number of benzene rings is 1. The average Bonchev–Trinajstić information content (AvgIpc) is 2.77. The van der Waals surface area contributed by atoms with Crippen LogP contribution >= 0.6 is 0 Å². The van der Waals surface area contributed by atoms with E-state index in [2.05, 4.69) is 5.32 Å². The second kappa shape index (κ2) is 7.87. The van der Waals surface area contributed by atoms with Crippen LogP contribution in [-0.2, 0) is 14.3 Å². The van der Waals surface area contributed by atoms with Crippen molar-refractivity contribution in [1.82, 2.24) is 10.2 Å². The molecule has 0 radical (unpaired) electrons. The Kier molecular flexibility index (Phi) is 5.86. The third-order valence-corrected chi connectivity index (χ3v) is 3.69. The lowest BCUT2D eigenvalue weighted by atomic mass is 10.1. The van der Waals surface area contributed by atoms with Gasteiger partial charge in [0.2, 0.25) is 5.91 Å². The molecule has 1 aromatic carbocycles. The van der Waals surface area contributed by atoms with E-state index in [9.17, 15) is 18.8 Å². The lowest BCUT2D eigenvalue weighted by Gasteiger charge is -2.20. The van der Waals surface area contributed by atoms with Crippen molar-refractivity contribution < 1.29 is 23.5 Å². The lowest BCUT2D eigenvalue weighted by molar-refractivity contribution is -0.127. The number of halogens is 1. The summed E-state index contributed by atoms with van der Waals surface area (Å²) in [5, 5.41) is 2.62. The van der Waals surface area contributed by atoms with Gasteiger partial charge >= 0.3 is 6.03 Å². The normalized spacial score (nSPS) is 17.5. The van der Waals surface area contributed by atoms with Gasteiger partial charge in [0, 0.05) is 20.2 Å². The molecule has 1 fully saturated rings. The van der Waals surface area contributed by atoms with E-state index in [0.29, 0.717) is 6.54 Å². The zero-order chi connectivity index (χ0) is 17.7. The molecule has 1 aromatic rings. The molecule has 0 unspecified atom stereocenters. The Morgan fingerprint density at radius 3 is 2.54 bits per heavy atom. The van der Waals surface area contributed by atoms with E-state index >= 15 is 0 Å². The Morgan fingerprint density at radius 1 is 1.29 bits per heavy atom. The fraction of sp³-hybridized carbons (Fsp3) is 0.438. The summed E-state index contributed by atoms with van der Waals surface area (Å²) >= 11 is 0. The summed E-state index contributed by atoms with van der Waals surface area (Å²) in [4.78, 5) is 39.4. The molecule has 4 amide bonds. The van der Waals surface area contributed by atoms with E-state index in [1.807, 2.05) is 0 Å². The maximum atomic E-state index is 13.1. The summed E-state index contributed by atoms with van der Waals surface area (Å²) in [5.41, 5.74) is 0.271. The van der Waals surface area contributed by atoms with Gasteiger partial charge in [0.15, 0.2) is 0 Å². The molecule has 1 aliphatic rings. The minimum absolute atomic E-state index is 0.125. The highest BCUT2D eigenvalue weighted by Gasteiger charge is 2.46. The number of carbonyl (C=O) groups excluding carboxylic acids is 3. The highest BCUT2D eigenvalue weighted by atomic mass is 19.1. The first kappa shape index (κ1) is 17.9. The van der Waals surface area contributed by atoms with Crippen molar-refractivity contribution in [3.05, 3.63) is 30.1 Å². The van der Waals surface area contributed by atoms with Gasteiger partial charge in [0.25, 0.3) is 5.91 Å². The number of amides is 4. The molecule has 24 heavy (non-hydrogen) atoms. The van der Waals surface area contributed by atoms with Gasteiger partial charge in [-0.2, -0.15) is 0 Å². The van der Waals surface area contributed by atoms with E-state index in [-0.39, 0.29) is 31.2 Å². The van der Waals surface area contributed by atoms with Crippen LogP contribution in [0.4, 0.5) is 14.9 Å². The Bertz CT molecular complexity index is 620. The highest BCUT2D eigenvalue weighted by molar-refractivity contribution is 6.22. The van der Waals surface area contributed by atoms with Crippen molar-refractivity contribution in [2.45, 2.75) is 19.4 Å². The SMILES string of the molecule is CCNC(=O)C[C@H]1C(=O)N(c2ccc(F)cc2)C(=O)N1CCOC. The van der Waals surface area contributed by atoms with Crippen molar-refractivity contribution in [2.75, 3.05) is 31.7 Å². The van der Waals surface area contributed by atoms with Gasteiger partial charge in [-0.25, -0.2) is 14.1 Å². The number of imide groups is 1. The van der Waals surface area contributed by atoms with Crippen LogP contribution in [0.15, 0.2) is 24.3 Å². The fourth-order valence-electron chi connectivity index (χ4n) is 2.55. The minimum atomic E-state index is -0.899. The Morgan fingerprint density at radius 2 is 1.96 bits per heavy atom. The number of nitrogens with zero attached hydrogens (tertiary/aromatic N) is 2. The first-order chi connectivity index (χ1) is 11.5. The standard InChI is InChI=1S/C16H20FN3O4/c1-3-18-14(21)10-13-15(22)20(12-6-4-11(17)5-7-12)16(23)19(13)8-9-24-2/h4-7,13H,3,8-10H2,1-2H3,(H,18,21)/t13-/m0/s1. The molecule has 1 heterocycles. The molecule has 1 aliphatic heterocycles. The number of methoxy groups -OCH3 is 1. The van der Waals surface area contributed by atoms with Gasteiger partial charge in [-0.15, -0.1) is 0 Å². The zero-order valence-corrected chi connectivity index (χ0v) is 13.6. The molecule has 1 saturated heterocycles. The van der Waals surface area contributed by atoms with Gasteiger partial charge in [-0.05, 0) is 31.2 Å². The summed E-state index contributed by atoms with van der Waals surface area (Å²) in [5.74, 6) is -1.28. The second-order valence-electron chi connectivity index (χ2n) is 5.29. The molecule has 0 aromatic heterocycles. The molecule has 130 valence electrons. The summed E-state index contributed by atoms with van der Waals surface area (Å²) in [6.07, 6.45) is -0.125. The molecule has 1 atom stereocenters. The van der Waals surface area contributed by atoms with E-state index in [4.69, 9.17) is 4.74 Å². The smallest absolute Gasteiger partial charge is 0.332 e. The quantitative estimate of drug-likeness (QED) is 0.757. The topological polar surface area (TPSA) is 79.0 Å².